The molecule has 184 valence electrons. The minimum Gasteiger partial charge on any atom is -0.519 e. The third-order valence-corrected chi connectivity index (χ3v) is 8.02. The molecule has 0 spiro atoms. The van der Waals surface area contributed by atoms with Gasteiger partial charge in [0, 0.05) is 11.0 Å². The maximum Gasteiger partial charge on any atom is 0.633 e. The summed E-state index contributed by atoms with van der Waals surface area (Å²) in [5.74, 6) is 1.97. The van der Waals surface area contributed by atoms with Gasteiger partial charge in [0.05, 0.1) is 0 Å². The SMILES string of the molecule is Cc1ccc(C)c(-c2c3c(c(B4Oc5cccc(-c6ccccc6)c5O4)c4ccccc24)C(C)CC=C3)c1. The van der Waals surface area contributed by atoms with Gasteiger partial charge in [-0.3, -0.25) is 0 Å². The number of hydrogen-bond donors (Lipinski definition) is 0. The molecule has 2 nitrogen and oxygen atoms in total. The van der Waals surface area contributed by atoms with Crippen LogP contribution in [0.15, 0.2) is 97.1 Å². The van der Waals surface area contributed by atoms with Gasteiger partial charge in [0.25, 0.3) is 0 Å². The molecule has 0 saturated heterocycles. The first-order chi connectivity index (χ1) is 18.6. The molecule has 0 N–H and O–H groups in total. The molecule has 5 aromatic carbocycles. The number of aryl methyl sites for hydroxylation is 2. The summed E-state index contributed by atoms with van der Waals surface area (Å²) >= 11 is 0. The monoisotopic (exact) mass is 492 g/mol. The molecule has 1 aliphatic carbocycles. The molecule has 0 bridgehead atoms. The molecule has 5 aromatic rings. The van der Waals surface area contributed by atoms with E-state index in [0.29, 0.717) is 5.92 Å². The lowest BCUT2D eigenvalue weighted by Crippen LogP contribution is -2.43. The third kappa shape index (κ3) is 3.57. The Morgan fingerprint density at radius 2 is 1.55 bits per heavy atom. The van der Waals surface area contributed by atoms with E-state index >= 15 is 0 Å². The molecule has 0 radical (unpaired) electrons. The zero-order valence-electron chi connectivity index (χ0n) is 22.0. The van der Waals surface area contributed by atoms with Crippen molar-refractivity contribution in [2.24, 2.45) is 0 Å². The maximum absolute atomic E-state index is 6.74. The van der Waals surface area contributed by atoms with E-state index in [0.717, 1.165) is 34.5 Å². The van der Waals surface area contributed by atoms with Crippen molar-refractivity contribution in [1.29, 1.82) is 0 Å². The van der Waals surface area contributed by atoms with E-state index in [4.69, 9.17) is 9.31 Å². The summed E-state index contributed by atoms with van der Waals surface area (Å²) < 4.78 is 13.4. The van der Waals surface area contributed by atoms with Crippen molar-refractivity contribution >= 4 is 29.4 Å². The van der Waals surface area contributed by atoms with Crippen LogP contribution in [0.3, 0.4) is 0 Å². The number of para-hydroxylation sites is 1. The van der Waals surface area contributed by atoms with Crippen LogP contribution in [0.25, 0.3) is 39.1 Å². The van der Waals surface area contributed by atoms with Crippen LogP contribution in [0.2, 0.25) is 0 Å². The minimum absolute atomic E-state index is 0.350. The standard InChI is InChI=1S/C35H29BO2/c1-22-19-20-23(2)30(21-22)33-27-14-7-8-15-28(27)34(32-24(3)11-9-17-29(32)33)36-37-31-18-10-16-26(35(31)38-36)25-12-5-4-6-13-25/h4-10,12-21,24H,11H2,1-3H3. The van der Waals surface area contributed by atoms with E-state index in [2.05, 4.69) is 112 Å². The Balaban J connectivity index is 1.47. The van der Waals surface area contributed by atoms with Crippen LogP contribution in [0, 0.1) is 13.8 Å². The Labute approximate surface area is 224 Å². The number of allylic oxidation sites excluding steroid dienone is 1. The van der Waals surface area contributed by atoms with E-state index in [1.54, 1.807) is 0 Å². The van der Waals surface area contributed by atoms with Gasteiger partial charge in [0.15, 0.2) is 5.75 Å². The largest absolute Gasteiger partial charge is 0.633 e. The van der Waals surface area contributed by atoms with Gasteiger partial charge in [-0.15, -0.1) is 0 Å². The van der Waals surface area contributed by atoms with Crippen molar-refractivity contribution in [3.05, 3.63) is 119 Å². The highest BCUT2D eigenvalue weighted by atomic mass is 16.6. The molecule has 38 heavy (non-hydrogen) atoms. The second-order valence-corrected chi connectivity index (χ2v) is 10.6. The Kier molecular flexibility index (Phi) is 5.40. The van der Waals surface area contributed by atoms with Crippen molar-refractivity contribution in [3.8, 4) is 33.8 Å². The highest BCUT2D eigenvalue weighted by Crippen LogP contribution is 2.45. The predicted molar refractivity (Wildman–Crippen MR) is 159 cm³/mol. The number of hydrogen-bond acceptors (Lipinski definition) is 2. The number of benzene rings is 5. The average molecular weight is 492 g/mol. The molecule has 0 amide bonds. The molecule has 0 saturated carbocycles. The molecule has 1 heterocycles. The van der Waals surface area contributed by atoms with Gasteiger partial charge in [0.1, 0.15) is 5.75 Å². The first kappa shape index (κ1) is 22.9. The van der Waals surface area contributed by atoms with Gasteiger partial charge in [-0.05, 0) is 76.4 Å². The fourth-order valence-electron chi connectivity index (χ4n) is 6.21. The van der Waals surface area contributed by atoms with Gasteiger partial charge in [-0.1, -0.05) is 110 Å². The van der Waals surface area contributed by atoms with Crippen molar-refractivity contribution in [2.75, 3.05) is 0 Å². The van der Waals surface area contributed by atoms with Crippen LogP contribution in [-0.2, 0) is 0 Å². The fraction of sp³-hybridized carbons (Fsp3) is 0.143. The van der Waals surface area contributed by atoms with E-state index in [-0.39, 0.29) is 0 Å². The molecule has 0 aromatic heterocycles. The number of rotatable bonds is 3. The summed E-state index contributed by atoms with van der Waals surface area (Å²) in [5.41, 5.74) is 11.1. The molecular weight excluding hydrogens is 463 g/mol. The summed E-state index contributed by atoms with van der Waals surface area (Å²) in [4.78, 5) is 0. The van der Waals surface area contributed by atoms with Crippen LogP contribution in [-0.4, -0.2) is 7.12 Å². The lowest BCUT2D eigenvalue weighted by Gasteiger charge is -2.28. The van der Waals surface area contributed by atoms with E-state index in [9.17, 15) is 0 Å². The van der Waals surface area contributed by atoms with E-state index < -0.39 is 7.12 Å². The van der Waals surface area contributed by atoms with E-state index in [1.165, 1.54) is 44.2 Å². The maximum atomic E-state index is 6.74. The molecule has 7 rings (SSSR count). The Morgan fingerprint density at radius 3 is 2.39 bits per heavy atom. The normalized spacial score (nSPS) is 15.7. The molecule has 2 aliphatic rings. The van der Waals surface area contributed by atoms with E-state index in [1.807, 2.05) is 12.1 Å². The van der Waals surface area contributed by atoms with Crippen molar-refractivity contribution in [1.82, 2.24) is 0 Å². The van der Waals surface area contributed by atoms with Gasteiger partial charge >= 0.3 is 7.12 Å². The summed E-state index contributed by atoms with van der Waals surface area (Å²) in [6, 6.07) is 32.1. The van der Waals surface area contributed by atoms with Crippen molar-refractivity contribution in [3.63, 3.8) is 0 Å². The van der Waals surface area contributed by atoms with Gasteiger partial charge in [-0.2, -0.15) is 0 Å². The molecule has 3 heteroatoms. The summed E-state index contributed by atoms with van der Waals surface area (Å²) in [6.45, 7) is 6.71. The Bertz CT molecular complexity index is 1740. The van der Waals surface area contributed by atoms with Crippen LogP contribution in [0.1, 0.15) is 41.5 Å². The molecule has 1 unspecified atom stereocenters. The van der Waals surface area contributed by atoms with Crippen LogP contribution >= 0.6 is 0 Å². The zero-order chi connectivity index (χ0) is 25.8. The van der Waals surface area contributed by atoms with Crippen molar-refractivity contribution in [2.45, 2.75) is 33.1 Å². The Morgan fingerprint density at radius 1 is 0.763 bits per heavy atom. The molecule has 1 aliphatic heterocycles. The van der Waals surface area contributed by atoms with Crippen LogP contribution < -0.4 is 14.8 Å². The molecule has 1 atom stereocenters. The quantitative estimate of drug-likeness (QED) is 0.235. The topological polar surface area (TPSA) is 18.5 Å². The van der Waals surface area contributed by atoms with Gasteiger partial charge in [-0.25, -0.2) is 0 Å². The molecule has 0 fully saturated rings. The zero-order valence-corrected chi connectivity index (χ0v) is 22.0. The van der Waals surface area contributed by atoms with Gasteiger partial charge in [0.2, 0.25) is 0 Å². The molecular formula is C35H29BO2. The third-order valence-electron chi connectivity index (χ3n) is 8.02. The highest BCUT2D eigenvalue weighted by Gasteiger charge is 2.41. The summed E-state index contributed by atoms with van der Waals surface area (Å²) in [6.07, 6.45) is 5.64. The first-order valence-corrected chi connectivity index (χ1v) is 13.4. The highest BCUT2D eigenvalue weighted by molar-refractivity contribution is 6.67. The lowest BCUT2D eigenvalue weighted by molar-refractivity contribution is 0.518. The fourth-order valence-corrected chi connectivity index (χ4v) is 6.21. The summed E-state index contributed by atoms with van der Waals surface area (Å²) in [5, 5.41) is 2.43. The number of fused-ring (bicyclic) bond motifs is 3. The second kappa shape index (κ2) is 8.95. The second-order valence-electron chi connectivity index (χ2n) is 10.6. The minimum atomic E-state index is -0.505. The smallest absolute Gasteiger partial charge is 0.519 e. The first-order valence-electron chi connectivity index (χ1n) is 13.4. The van der Waals surface area contributed by atoms with Gasteiger partial charge < -0.3 is 9.31 Å². The average Bonchev–Trinajstić information content (AvgIpc) is 3.38. The summed E-state index contributed by atoms with van der Waals surface area (Å²) in [7, 11) is -0.505. The van der Waals surface area contributed by atoms with Crippen molar-refractivity contribution < 1.29 is 9.31 Å². The predicted octanol–water partition coefficient (Wildman–Crippen LogP) is 8.48. The van der Waals surface area contributed by atoms with Crippen LogP contribution in [0.5, 0.6) is 11.5 Å². The van der Waals surface area contributed by atoms with Crippen LogP contribution in [0.4, 0.5) is 0 Å². The Hall–Kier alpha value is -4.24. The lowest BCUT2D eigenvalue weighted by atomic mass is 9.66.